The predicted molar refractivity (Wildman–Crippen MR) is 75.8 cm³/mol. The van der Waals surface area contributed by atoms with Crippen molar-refractivity contribution >= 4 is 0 Å². The molecule has 1 saturated carbocycles. The molecule has 1 aliphatic carbocycles. The van der Waals surface area contributed by atoms with Crippen LogP contribution in [-0.2, 0) is 9.47 Å². The predicted octanol–water partition coefficient (Wildman–Crippen LogP) is 3.19. The van der Waals surface area contributed by atoms with Crippen LogP contribution in [0.25, 0.3) is 0 Å². The smallest absolute Gasteiger partial charge is 0.162 e. The first kappa shape index (κ1) is 14.8. The number of rotatable bonds is 3. The van der Waals surface area contributed by atoms with Crippen molar-refractivity contribution in [3.63, 3.8) is 0 Å². The zero-order chi connectivity index (χ0) is 13.9. The molecule has 0 bridgehead atoms. The van der Waals surface area contributed by atoms with Gasteiger partial charge in [-0.3, -0.25) is 0 Å². The highest BCUT2D eigenvalue weighted by Gasteiger charge is 2.44. The van der Waals surface area contributed by atoms with Gasteiger partial charge in [-0.05, 0) is 46.0 Å². The first-order chi connectivity index (χ1) is 8.95. The van der Waals surface area contributed by atoms with Gasteiger partial charge >= 0.3 is 0 Å². The molecule has 0 amide bonds. The standard InChI is InChI=1S/C16H26O3/c1-4-5-6-7-13-8-14(17)10-16(9-13)11-18-15(2,3)19-12-16/h4,7,14,17H,1,5-6,8-12H2,2-3H3. The summed E-state index contributed by atoms with van der Waals surface area (Å²) >= 11 is 0. The topological polar surface area (TPSA) is 38.7 Å². The molecule has 3 heteroatoms. The zero-order valence-corrected chi connectivity index (χ0v) is 12.2. The van der Waals surface area contributed by atoms with Gasteiger partial charge in [0.15, 0.2) is 5.79 Å². The third-order valence-corrected chi connectivity index (χ3v) is 4.02. The Labute approximate surface area is 116 Å². The minimum atomic E-state index is -0.486. The maximum Gasteiger partial charge on any atom is 0.162 e. The second-order valence-corrected chi connectivity index (χ2v) is 6.44. The van der Waals surface area contributed by atoms with E-state index >= 15 is 0 Å². The summed E-state index contributed by atoms with van der Waals surface area (Å²) in [5.41, 5.74) is 1.31. The van der Waals surface area contributed by atoms with Gasteiger partial charge in [0.25, 0.3) is 0 Å². The van der Waals surface area contributed by atoms with E-state index in [1.54, 1.807) is 0 Å². The van der Waals surface area contributed by atoms with E-state index in [0.717, 1.165) is 32.1 Å². The third-order valence-electron chi connectivity index (χ3n) is 4.02. The van der Waals surface area contributed by atoms with Crippen molar-refractivity contribution in [2.24, 2.45) is 5.41 Å². The second kappa shape index (κ2) is 5.78. The lowest BCUT2D eigenvalue weighted by Gasteiger charge is -2.47. The number of allylic oxidation sites excluding steroid dienone is 2. The quantitative estimate of drug-likeness (QED) is 0.630. The summed E-state index contributed by atoms with van der Waals surface area (Å²) in [6.45, 7) is 8.98. The van der Waals surface area contributed by atoms with Crippen molar-refractivity contribution in [3.05, 3.63) is 24.3 Å². The molecule has 2 fully saturated rings. The molecule has 0 aromatic rings. The average Bonchev–Trinajstić information content (AvgIpc) is 2.34. The number of unbranched alkanes of at least 4 members (excludes halogenated alkanes) is 1. The SMILES string of the molecule is C=CCCC=C1CC(O)CC2(COC(C)(C)OC2)C1. The Kier molecular flexibility index (Phi) is 4.49. The molecule has 19 heavy (non-hydrogen) atoms. The van der Waals surface area contributed by atoms with Crippen molar-refractivity contribution in [3.8, 4) is 0 Å². The molecule has 1 saturated heterocycles. The van der Waals surface area contributed by atoms with Crippen LogP contribution in [0.3, 0.4) is 0 Å². The van der Waals surface area contributed by atoms with Gasteiger partial charge < -0.3 is 14.6 Å². The van der Waals surface area contributed by atoms with Crippen LogP contribution in [0.2, 0.25) is 0 Å². The summed E-state index contributed by atoms with van der Waals surface area (Å²) in [4.78, 5) is 0. The number of hydrogen-bond acceptors (Lipinski definition) is 3. The van der Waals surface area contributed by atoms with E-state index in [1.807, 2.05) is 19.9 Å². The number of ether oxygens (including phenoxy) is 2. The Morgan fingerprint density at radius 3 is 2.63 bits per heavy atom. The lowest BCUT2D eigenvalue weighted by molar-refractivity contribution is -0.290. The van der Waals surface area contributed by atoms with E-state index in [1.165, 1.54) is 5.57 Å². The van der Waals surface area contributed by atoms with Gasteiger partial charge in [-0.15, -0.1) is 6.58 Å². The molecule has 108 valence electrons. The lowest BCUT2D eigenvalue weighted by Crippen LogP contribution is -2.49. The largest absolute Gasteiger partial charge is 0.393 e. The van der Waals surface area contributed by atoms with Crippen molar-refractivity contribution in [1.82, 2.24) is 0 Å². The first-order valence-electron chi connectivity index (χ1n) is 7.20. The normalized spacial score (nSPS) is 31.5. The van der Waals surface area contributed by atoms with E-state index in [2.05, 4.69) is 12.7 Å². The highest BCUT2D eigenvalue weighted by atomic mass is 16.7. The van der Waals surface area contributed by atoms with Crippen LogP contribution in [0, 0.1) is 5.41 Å². The van der Waals surface area contributed by atoms with Gasteiger partial charge in [-0.2, -0.15) is 0 Å². The van der Waals surface area contributed by atoms with Crippen LogP contribution in [-0.4, -0.2) is 30.2 Å². The summed E-state index contributed by atoms with van der Waals surface area (Å²) in [6.07, 6.45) is 8.48. The molecule has 3 nitrogen and oxygen atoms in total. The van der Waals surface area contributed by atoms with Crippen LogP contribution in [0.1, 0.15) is 46.0 Å². The molecule has 0 aromatic carbocycles. The highest BCUT2D eigenvalue weighted by molar-refractivity contribution is 5.13. The Bertz CT molecular complexity index is 347. The number of aliphatic hydroxyl groups excluding tert-OH is 1. The minimum Gasteiger partial charge on any atom is -0.393 e. The van der Waals surface area contributed by atoms with E-state index in [0.29, 0.717) is 13.2 Å². The summed E-state index contributed by atoms with van der Waals surface area (Å²) in [6, 6.07) is 0. The summed E-state index contributed by atoms with van der Waals surface area (Å²) < 4.78 is 11.6. The molecule has 1 heterocycles. The Balaban J connectivity index is 2.01. The van der Waals surface area contributed by atoms with Gasteiger partial charge in [0.1, 0.15) is 0 Å². The zero-order valence-electron chi connectivity index (χ0n) is 12.2. The molecule has 1 spiro atoms. The third kappa shape index (κ3) is 3.91. The number of hydrogen-bond donors (Lipinski definition) is 1. The second-order valence-electron chi connectivity index (χ2n) is 6.44. The Hall–Kier alpha value is -0.640. The molecule has 1 unspecified atom stereocenters. The monoisotopic (exact) mass is 266 g/mol. The van der Waals surface area contributed by atoms with Gasteiger partial charge in [-0.25, -0.2) is 0 Å². The van der Waals surface area contributed by atoms with E-state index in [-0.39, 0.29) is 11.5 Å². The van der Waals surface area contributed by atoms with E-state index in [9.17, 15) is 5.11 Å². The summed E-state index contributed by atoms with van der Waals surface area (Å²) in [5.74, 6) is -0.486. The fourth-order valence-electron chi connectivity index (χ4n) is 3.02. The molecule has 2 rings (SSSR count). The van der Waals surface area contributed by atoms with Crippen molar-refractivity contribution in [2.45, 2.75) is 57.8 Å². The van der Waals surface area contributed by atoms with E-state index < -0.39 is 5.79 Å². The van der Waals surface area contributed by atoms with Crippen LogP contribution >= 0.6 is 0 Å². The van der Waals surface area contributed by atoms with Gasteiger partial charge in [0.05, 0.1) is 19.3 Å². The molecule has 1 aliphatic heterocycles. The van der Waals surface area contributed by atoms with Crippen LogP contribution in [0.15, 0.2) is 24.3 Å². The minimum absolute atomic E-state index is 0.0345. The maximum atomic E-state index is 10.1. The average molecular weight is 266 g/mol. The molecule has 1 atom stereocenters. The fourth-order valence-corrected chi connectivity index (χ4v) is 3.02. The molecular weight excluding hydrogens is 240 g/mol. The Morgan fingerprint density at radius 2 is 2.00 bits per heavy atom. The Morgan fingerprint density at radius 1 is 1.32 bits per heavy atom. The molecule has 2 aliphatic rings. The highest BCUT2D eigenvalue weighted by Crippen LogP contribution is 2.43. The fraction of sp³-hybridized carbons (Fsp3) is 0.750. The van der Waals surface area contributed by atoms with Gasteiger partial charge in [0, 0.05) is 5.41 Å². The van der Waals surface area contributed by atoms with Crippen LogP contribution < -0.4 is 0 Å². The summed E-state index contributed by atoms with van der Waals surface area (Å²) in [5, 5.41) is 10.1. The first-order valence-corrected chi connectivity index (χ1v) is 7.20. The van der Waals surface area contributed by atoms with Gasteiger partial charge in [0.2, 0.25) is 0 Å². The lowest BCUT2D eigenvalue weighted by atomic mass is 9.71. The van der Waals surface area contributed by atoms with Crippen molar-refractivity contribution in [2.75, 3.05) is 13.2 Å². The van der Waals surface area contributed by atoms with Crippen molar-refractivity contribution in [1.29, 1.82) is 0 Å². The van der Waals surface area contributed by atoms with Crippen molar-refractivity contribution < 1.29 is 14.6 Å². The molecule has 0 aromatic heterocycles. The molecular formula is C16H26O3. The van der Waals surface area contributed by atoms with Crippen LogP contribution in [0.4, 0.5) is 0 Å². The molecule has 1 N–H and O–H groups in total. The molecule has 0 radical (unpaired) electrons. The number of aliphatic hydroxyl groups is 1. The maximum absolute atomic E-state index is 10.1. The summed E-state index contributed by atoms with van der Waals surface area (Å²) in [7, 11) is 0. The van der Waals surface area contributed by atoms with E-state index in [4.69, 9.17) is 9.47 Å². The van der Waals surface area contributed by atoms with Crippen LogP contribution in [0.5, 0.6) is 0 Å². The van der Waals surface area contributed by atoms with Gasteiger partial charge in [-0.1, -0.05) is 17.7 Å².